The Morgan fingerprint density at radius 3 is 2.89 bits per heavy atom. The SMILES string of the molecule is CC(C)Cn1ncc2cc(C(=O)Nc3ncc(C4CCNCC4)s3)cnc21. The summed E-state index contributed by atoms with van der Waals surface area (Å²) in [5.74, 6) is 0.836. The number of amides is 1. The second kappa shape index (κ2) is 7.74. The lowest BCUT2D eigenvalue weighted by Gasteiger charge is -2.20. The van der Waals surface area contributed by atoms with Crippen LogP contribution in [0.5, 0.6) is 0 Å². The second-order valence-electron chi connectivity index (χ2n) is 7.40. The molecule has 1 aliphatic heterocycles. The van der Waals surface area contributed by atoms with E-state index in [0.29, 0.717) is 22.5 Å². The molecule has 0 aromatic carbocycles. The predicted molar refractivity (Wildman–Crippen MR) is 107 cm³/mol. The zero-order valence-electron chi connectivity index (χ0n) is 15.6. The third-order valence-corrected chi connectivity index (χ3v) is 5.84. The summed E-state index contributed by atoms with van der Waals surface area (Å²) in [4.78, 5) is 22.7. The van der Waals surface area contributed by atoms with Crippen LogP contribution in [0.3, 0.4) is 0 Å². The largest absolute Gasteiger partial charge is 0.317 e. The number of hydrogen-bond acceptors (Lipinski definition) is 6. The van der Waals surface area contributed by atoms with Crippen molar-refractivity contribution in [2.24, 2.45) is 5.92 Å². The van der Waals surface area contributed by atoms with Gasteiger partial charge in [0.25, 0.3) is 5.91 Å². The van der Waals surface area contributed by atoms with E-state index in [-0.39, 0.29) is 5.91 Å². The lowest BCUT2D eigenvalue weighted by molar-refractivity contribution is 0.102. The van der Waals surface area contributed by atoms with Crippen molar-refractivity contribution in [3.63, 3.8) is 0 Å². The highest BCUT2D eigenvalue weighted by molar-refractivity contribution is 7.15. The summed E-state index contributed by atoms with van der Waals surface area (Å²) in [6.45, 7) is 7.17. The number of piperidine rings is 1. The normalized spacial score (nSPS) is 15.5. The summed E-state index contributed by atoms with van der Waals surface area (Å²) >= 11 is 1.57. The number of nitrogens with one attached hydrogen (secondary N) is 2. The van der Waals surface area contributed by atoms with E-state index in [1.54, 1.807) is 23.7 Å². The van der Waals surface area contributed by atoms with Crippen molar-refractivity contribution < 1.29 is 4.79 Å². The molecule has 0 spiro atoms. The van der Waals surface area contributed by atoms with Gasteiger partial charge in [-0.1, -0.05) is 13.8 Å². The van der Waals surface area contributed by atoms with Gasteiger partial charge in [0.15, 0.2) is 10.8 Å². The molecule has 0 saturated carbocycles. The highest BCUT2D eigenvalue weighted by atomic mass is 32.1. The summed E-state index contributed by atoms with van der Waals surface area (Å²) in [7, 11) is 0. The third kappa shape index (κ3) is 4.01. The maximum Gasteiger partial charge on any atom is 0.259 e. The summed E-state index contributed by atoms with van der Waals surface area (Å²) in [6, 6.07) is 1.84. The van der Waals surface area contributed by atoms with Crippen molar-refractivity contribution in [1.82, 2.24) is 25.1 Å². The van der Waals surface area contributed by atoms with Gasteiger partial charge in [0, 0.05) is 29.2 Å². The second-order valence-corrected chi connectivity index (χ2v) is 8.47. The number of pyridine rings is 1. The summed E-state index contributed by atoms with van der Waals surface area (Å²) < 4.78 is 1.88. The first-order chi connectivity index (χ1) is 13.1. The lowest BCUT2D eigenvalue weighted by Crippen LogP contribution is -2.26. The van der Waals surface area contributed by atoms with Crippen molar-refractivity contribution in [1.29, 1.82) is 0 Å². The first kappa shape index (κ1) is 18.1. The molecule has 1 saturated heterocycles. The van der Waals surface area contributed by atoms with Crippen molar-refractivity contribution in [2.45, 2.75) is 39.2 Å². The van der Waals surface area contributed by atoms with Gasteiger partial charge in [0.1, 0.15) is 0 Å². The van der Waals surface area contributed by atoms with Crippen molar-refractivity contribution >= 4 is 33.4 Å². The molecule has 7 nitrogen and oxygen atoms in total. The molecule has 0 atom stereocenters. The zero-order valence-corrected chi connectivity index (χ0v) is 16.4. The van der Waals surface area contributed by atoms with Crippen LogP contribution >= 0.6 is 11.3 Å². The molecule has 0 unspecified atom stereocenters. The van der Waals surface area contributed by atoms with Crippen LogP contribution in [-0.2, 0) is 6.54 Å². The van der Waals surface area contributed by atoms with Gasteiger partial charge in [-0.15, -0.1) is 11.3 Å². The quantitative estimate of drug-likeness (QED) is 0.705. The number of aromatic nitrogens is 4. The molecule has 3 aromatic heterocycles. The average molecular weight is 385 g/mol. The van der Waals surface area contributed by atoms with Gasteiger partial charge >= 0.3 is 0 Å². The van der Waals surface area contributed by atoms with Crippen LogP contribution in [0.1, 0.15) is 47.8 Å². The molecule has 142 valence electrons. The summed E-state index contributed by atoms with van der Waals surface area (Å²) in [5, 5.41) is 12.2. The molecule has 0 radical (unpaired) electrons. The monoisotopic (exact) mass is 384 g/mol. The molecule has 3 aromatic rings. The number of fused-ring (bicyclic) bond motifs is 1. The van der Waals surface area contributed by atoms with Crippen LogP contribution < -0.4 is 10.6 Å². The Balaban J connectivity index is 1.47. The summed E-state index contributed by atoms with van der Waals surface area (Å²) in [5.41, 5.74) is 1.33. The van der Waals surface area contributed by atoms with Crippen molar-refractivity contribution in [3.05, 3.63) is 35.1 Å². The van der Waals surface area contributed by atoms with E-state index < -0.39 is 0 Å². The number of nitrogens with zero attached hydrogens (tertiary/aromatic N) is 4. The number of anilines is 1. The fourth-order valence-corrected chi connectivity index (χ4v) is 4.36. The Hall–Kier alpha value is -2.32. The van der Waals surface area contributed by atoms with Crippen LogP contribution in [0.25, 0.3) is 11.0 Å². The highest BCUT2D eigenvalue weighted by Gasteiger charge is 2.19. The molecule has 0 aliphatic carbocycles. The van der Waals surface area contributed by atoms with E-state index in [9.17, 15) is 4.79 Å². The lowest BCUT2D eigenvalue weighted by atomic mass is 9.97. The Kier molecular flexibility index (Phi) is 5.18. The molecule has 0 bridgehead atoms. The molecule has 1 fully saturated rings. The maximum absolute atomic E-state index is 12.6. The number of thiazole rings is 1. The molecule has 1 amide bonds. The fourth-order valence-electron chi connectivity index (χ4n) is 3.38. The molecule has 1 aliphatic rings. The van der Waals surface area contributed by atoms with E-state index in [1.807, 2.05) is 16.9 Å². The van der Waals surface area contributed by atoms with Crippen LogP contribution in [0.15, 0.2) is 24.7 Å². The highest BCUT2D eigenvalue weighted by Crippen LogP contribution is 2.31. The van der Waals surface area contributed by atoms with Gasteiger partial charge in [-0.05, 0) is 43.8 Å². The molecule has 4 heterocycles. The number of carbonyl (C=O) groups excluding carboxylic acids is 1. The number of rotatable bonds is 5. The maximum atomic E-state index is 12.6. The van der Waals surface area contributed by atoms with Gasteiger partial charge in [0.05, 0.1) is 11.8 Å². The topological polar surface area (TPSA) is 84.7 Å². The Bertz CT molecular complexity index is 941. The molecule has 4 rings (SSSR count). The van der Waals surface area contributed by atoms with Gasteiger partial charge < -0.3 is 5.32 Å². The minimum Gasteiger partial charge on any atom is -0.317 e. The van der Waals surface area contributed by atoms with Crippen LogP contribution in [0, 0.1) is 5.92 Å². The predicted octanol–water partition coefficient (Wildman–Crippen LogP) is 3.26. The van der Waals surface area contributed by atoms with Crippen LogP contribution in [0.4, 0.5) is 5.13 Å². The average Bonchev–Trinajstić information content (AvgIpc) is 3.29. The first-order valence-electron chi connectivity index (χ1n) is 9.39. The van der Waals surface area contributed by atoms with E-state index in [2.05, 4.69) is 39.5 Å². The Morgan fingerprint density at radius 1 is 1.30 bits per heavy atom. The smallest absolute Gasteiger partial charge is 0.259 e. The van der Waals surface area contributed by atoms with E-state index in [0.717, 1.165) is 43.5 Å². The number of hydrogen-bond donors (Lipinski definition) is 2. The third-order valence-electron chi connectivity index (χ3n) is 4.76. The zero-order chi connectivity index (χ0) is 18.8. The van der Waals surface area contributed by atoms with Gasteiger partial charge in [-0.2, -0.15) is 5.10 Å². The molecule has 8 heteroatoms. The molecule has 27 heavy (non-hydrogen) atoms. The molecule has 2 N–H and O–H groups in total. The molecular formula is C19H24N6OS. The van der Waals surface area contributed by atoms with Gasteiger partial charge in [-0.3, -0.25) is 10.1 Å². The minimum absolute atomic E-state index is 0.188. The van der Waals surface area contributed by atoms with E-state index in [1.165, 1.54) is 4.88 Å². The van der Waals surface area contributed by atoms with Crippen molar-refractivity contribution in [3.8, 4) is 0 Å². The van der Waals surface area contributed by atoms with E-state index >= 15 is 0 Å². The Morgan fingerprint density at radius 2 is 2.11 bits per heavy atom. The fraction of sp³-hybridized carbons (Fsp3) is 0.474. The van der Waals surface area contributed by atoms with Gasteiger partial charge in [-0.25, -0.2) is 14.6 Å². The van der Waals surface area contributed by atoms with E-state index in [4.69, 9.17) is 0 Å². The first-order valence-corrected chi connectivity index (χ1v) is 10.2. The number of carbonyl (C=O) groups is 1. The minimum atomic E-state index is -0.188. The summed E-state index contributed by atoms with van der Waals surface area (Å²) in [6.07, 6.45) is 7.51. The van der Waals surface area contributed by atoms with Crippen molar-refractivity contribution in [2.75, 3.05) is 18.4 Å². The van der Waals surface area contributed by atoms with Gasteiger partial charge in [0.2, 0.25) is 0 Å². The van der Waals surface area contributed by atoms with Crippen LogP contribution in [0.2, 0.25) is 0 Å². The molecular weight excluding hydrogens is 360 g/mol. The Labute approximate surface area is 162 Å². The standard InChI is InChI=1S/C19H24N6OS/c1-12(2)11-25-17-14(9-23-25)7-15(8-21-17)18(26)24-19-22-10-16(27-19)13-3-5-20-6-4-13/h7-10,12-13,20H,3-6,11H2,1-2H3,(H,22,24,26). The van der Waals surface area contributed by atoms with Crippen LogP contribution in [-0.4, -0.2) is 38.7 Å².